The number of nitrogens with one attached hydrogen (secondary N) is 2. The molecule has 8 heteroatoms. The number of aliphatic imine (C=N–C) groups is 1. The third kappa shape index (κ3) is 6.18. The van der Waals surface area contributed by atoms with Crippen molar-refractivity contribution in [1.29, 1.82) is 0 Å². The van der Waals surface area contributed by atoms with Crippen LogP contribution in [0.3, 0.4) is 0 Å². The van der Waals surface area contributed by atoms with Crippen LogP contribution in [0, 0.1) is 0 Å². The highest BCUT2D eigenvalue weighted by Gasteiger charge is 2.24. The Morgan fingerprint density at radius 3 is 2.84 bits per heavy atom. The second kappa shape index (κ2) is 11.5. The summed E-state index contributed by atoms with van der Waals surface area (Å²) in [7, 11) is 1.81. The van der Waals surface area contributed by atoms with Gasteiger partial charge in [0.1, 0.15) is 6.10 Å². The topological polar surface area (TPSA) is 71.0 Å². The van der Waals surface area contributed by atoms with Gasteiger partial charge in [-0.3, -0.25) is 9.89 Å². The number of ether oxygens (including phenoxy) is 2. The number of rotatable bonds is 8. The number of hydrogen-bond acceptors (Lipinski definition) is 6. The first-order valence-electron chi connectivity index (χ1n) is 11.2. The molecule has 2 aliphatic rings. The van der Waals surface area contributed by atoms with Crippen LogP contribution >= 0.6 is 11.3 Å². The van der Waals surface area contributed by atoms with Crippen molar-refractivity contribution in [2.75, 3.05) is 39.9 Å². The van der Waals surface area contributed by atoms with Crippen molar-refractivity contribution in [3.8, 4) is 5.88 Å². The van der Waals surface area contributed by atoms with Crippen molar-refractivity contribution in [2.45, 2.75) is 44.4 Å². The molecule has 31 heavy (non-hydrogen) atoms. The summed E-state index contributed by atoms with van der Waals surface area (Å²) in [6.45, 7) is 4.90. The average molecular weight is 444 g/mol. The third-order valence-electron chi connectivity index (χ3n) is 5.92. The maximum atomic E-state index is 6.17. The Labute approximate surface area is 188 Å². The largest absolute Gasteiger partial charge is 0.474 e. The summed E-state index contributed by atoms with van der Waals surface area (Å²) < 4.78 is 11.7. The van der Waals surface area contributed by atoms with Gasteiger partial charge in [0.25, 0.3) is 0 Å². The van der Waals surface area contributed by atoms with Gasteiger partial charge in [0.15, 0.2) is 5.96 Å². The quantitative estimate of drug-likeness (QED) is 0.482. The Hall–Kier alpha value is -2.16. The summed E-state index contributed by atoms with van der Waals surface area (Å²) in [5.74, 6) is 1.52. The summed E-state index contributed by atoms with van der Waals surface area (Å²) in [6.07, 6.45) is 6.84. The van der Waals surface area contributed by atoms with Crippen LogP contribution in [0.2, 0.25) is 0 Å². The lowest BCUT2D eigenvalue weighted by Gasteiger charge is -2.34. The number of aromatic nitrogens is 1. The standard InChI is InChI=1S/C23H33N5O2S/c1-24-23(26-16-18-6-4-10-25-22(18)30-19-7-2-3-8-19)27-17-20(21-9-5-15-31-21)28-11-13-29-14-12-28/h4-6,9-10,15,19-20H,2-3,7-8,11-14,16-17H2,1H3,(H2,24,26,27). The van der Waals surface area contributed by atoms with Gasteiger partial charge < -0.3 is 20.1 Å². The molecule has 0 radical (unpaired) electrons. The molecule has 4 rings (SSSR count). The number of guanidine groups is 1. The van der Waals surface area contributed by atoms with Gasteiger partial charge in [-0.1, -0.05) is 12.1 Å². The monoisotopic (exact) mass is 443 g/mol. The van der Waals surface area contributed by atoms with Crippen molar-refractivity contribution in [1.82, 2.24) is 20.5 Å². The molecule has 1 saturated heterocycles. The lowest BCUT2D eigenvalue weighted by Crippen LogP contribution is -2.46. The molecule has 0 spiro atoms. The molecule has 0 amide bonds. The molecule has 3 heterocycles. The fourth-order valence-electron chi connectivity index (χ4n) is 4.20. The van der Waals surface area contributed by atoms with Gasteiger partial charge in [0.05, 0.1) is 19.3 Å². The van der Waals surface area contributed by atoms with Gasteiger partial charge in [-0.05, 0) is 43.2 Å². The fraction of sp³-hybridized carbons (Fsp3) is 0.565. The fourth-order valence-corrected chi connectivity index (χ4v) is 5.06. The highest BCUT2D eigenvalue weighted by atomic mass is 32.1. The van der Waals surface area contributed by atoms with Crippen molar-refractivity contribution in [3.63, 3.8) is 0 Å². The van der Waals surface area contributed by atoms with Crippen molar-refractivity contribution >= 4 is 17.3 Å². The Morgan fingerprint density at radius 2 is 2.10 bits per heavy atom. The van der Waals surface area contributed by atoms with E-state index in [1.165, 1.54) is 17.7 Å². The molecule has 2 aromatic heterocycles. The predicted octanol–water partition coefficient (Wildman–Crippen LogP) is 3.20. The highest BCUT2D eigenvalue weighted by Crippen LogP contribution is 2.26. The molecule has 2 N–H and O–H groups in total. The zero-order chi connectivity index (χ0) is 21.3. The minimum Gasteiger partial charge on any atom is -0.474 e. The number of hydrogen-bond donors (Lipinski definition) is 2. The Morgan fingerprint density at radius 1 is 1.26 bits per heavy atom. The molecule has 0 aromatic carbocycles. The maximum absolute atomic E-state index is 6.17. The van der Waals surface area contributed by atoms with Gasteiger partial charge in [0, 0.05) is 49.9 Å². The molecule has 1 saturated carbocycles. The number of morpholine rings is 1. The van der Waals surface area contributed by atoms with E-state index in [0.29, 0.717) is 18.7 Å². The summed E-state index contributed by atoms with van der Waals surface area (Å²) >= 11 is 1.80. The zero-order valence-corrected chi connectivity index (χ0v) is 19.1. The van der Waals surface area contributed by atoms with Crippen molar-refractivity contribution in [3.05, 3.63) is 46.3 Å². The SMILES string of the molecule is CN=C(NCc1cccnc1OC1CCCC1)NCC(c1cccs1)N1CCOCC1. The maximum Gasteiger partial charge on any atom is 0.218 e. The molecule has 1 atom stereocenters. The second-order valence-corrected chi connectivity index (χ2v) is 8.96. The molecule has 7 nitrogen and oxygen atoms in total. The lowest BCUT2D eigenvalue weighted by molar-refractivity contribution is 0.0177. The van der Waals surface area contributed by atoms with Crippen LogP contribution in [-0.2, 0) is 11.3 Å². The van der Waals surface area contributed by atoms with Gasteiger partial charge in [-0.2, -0.15) is 0 Å². The van der Waals surface area contributed by atoms with Gasteiger partial charge in [-0.15, -0.1) is 11.3 Å². The Bertz CT molecular complexity index is 817. The van der Waals surface area contributed by atoms with E-state index in [1.54, 1.807) is 17.5 Å². The van der Waals surface area contributed by atoms with Gasteiger partial charge in [0.2, 0.25) is 5.88 Å². The third-order valence-corrected chi connectivity index (χ3v) is 6.89. The molecule has 1 unspecified atom stereocenters. The predicted molar refractivity (Wildman–Crippen MR) is 125 cm³/mol. The van der Waals surface area contributed by atoms with E-state index in [-0.39, 0.29) is 0 Å². The number of nitrogens with zero attached hydrogens (tertiary/aromatic N) is 3. The summed E-state index contributed by atoms with van der Waals surface area (Å²) in [5.41, 5.74) is 1.06. The molecule has 0 bridgehead atoms. The first kappa shape index (κ1) is 22.0. The molecule has 168 valence electrons. The van der Waals surface area contributed by atoms with E-state index in [1.807, 2.05) is 13.1 Å². The zero-order valence-electron chi connectivity index (χ0n) is 18.3. The number of thiophene rings is 1. The molecular weight excluding hydrogens is 410 g/mol. The first-order valence-corrected chi connectivity index (χ1v) is 12.1. The van der Waals surface area contributed by atoms with Crippen molar-refractivity contribution < 1.29 is 9.47 Å². The van der Waals surface area contributed by atoms with Crippen molar-refractivity contribution in [2.24, 2.45) is 4.99 Å². The normalized spacial score (nSPS) is 19.3. The minimum absolute atomic E-state index is 0.297. The summed E-state index contributed by atoms with van der Waals surface area (Å²) in [6, 6.07) is 8.67. The van der Waals surface area contributed by atoms with Crippen LogP contribution in [-0.4, -0.2) is 61.8 Å². The summed E-state index contributed by atoms with van der Waals surface area (Å²) in [4.78, 5) is 12.8. The number of pyridine rings is 1. The van der Waals surface area contributed by atoms with Crippen LogP contribution in [0.25, 0.3) is 0 Å². The van der Waals surface area contributed by atoms with Gasteiger partial charge >= 0.3 is 0 Å². The van der Waals surface area contributed by atoms with Crippen LogP contribution < -0.4 is 15.4 Å². The van der Waals surface area contributed by atoms with Crippen LogP contribution in [0.1, 0.15) is 42.2 Å². The van der Waals surface area contributed by atoms with E-state index in [2.05, 4.69) is 49.1 Å². The summed E-state index contributed by atoms with van der Waals surface area (Å²) in [5, 5.41) is 9.10. The molecule has 1 aliphatic carbocycles. The molecular formula is C23H33N5O2S. The Kier molecular flexibility index (Phi) is 8.15. The van der Waals surface area contributed by atoms with E-state index < -0.39 is 0 Å². The molecule has 2 aromatic rings. The van der Waals surface area contributed by atoms with Gasteiger partial charge in [-0.25, -0.2) is 4.98 Å². The van der Waals surface area contributed by atoms with E-state index in [4.69, 9.17) is 9.47 Å². The van der Waals surface area contributed by atoms with E-state index >= 15 is 0 Å². The minimum atomic E-state index is 0.297. The van der Waals surface area contributed by atoms with Crippen LogP contribution in [0.5, 0.6) is 5.88 Å². The molecule has 2 fully saturated rings. The second-order valence-electron chi connectivity index (χ2n) is 7.98. The first-order chi connectivity index (χ1) is 15.3. The van der Waals surface area contributed by atoms with Crippen LogP contribution in [0.15, 0.2) is 40.8 Å². The van der Waals surface area contributed by atoms with E-state index in [0.717, 1.165) is 63.1 Å². The van der Waals surface area contributed by atoms with E-state index in [9.17, 15) is 0 Å². The Balaban J connectivity index is 1.34. The smallest absolute Gasteiger partial charge is 0.218 e. The van der Waals surface area contributed by atoms with Crippen LogP contribution in [0.4, 0.5) is 0 Å². The lowest BCUT2D eigenvalue weighted by atomic mass is 10.2. The highest BCUT2D eigenvalue weighted by molar-refractivity contribution is 7.10. The molecule has 1 aliphatic heterocycles. The average Bonchev–Trinajstić information content (AvgIpc) is 3.52.